The lowest BCUT2D eigenvalue weighted by molar-refractivity contribution is -0.116. The Kier molecular flexibility index (Phi) is 4.00. The summed E-state index contributed by atoms with van der Waals surface area (Å²) in [6.45, 7) is 0. The first kappa shape index (κ1) is 12.6. The summed E-state index contributed by atoms with van der Waals surface area (Å²) >= 11 is 0. The second kappa shape index (κ2) is 5.07. The minimum Gasteiger partial charge on any atom is -0.497 e. The van der Waals surface area contributed by atoms with Gasteiger partial charge in [-0.1, -0.05) is 12.1 Å². The SMILES string of the molecule is COc1cccc(CC(=O)CS(=O)(=O)F)c1. The van der Waals surface area contributed by atoms with E-state index in [0.29, 0.717) is 11.3 Å². The molecule has 6 heteroatoms. The van der Waals surface area contributed by atoms with Crippen molar-refractivity contribution in [2.45, 2.75) is 6.42 Å². The van der Waals surface area contributed by atoms with Crippen LogP contribution >= 0.6 is 0 Å². The molecule has 1 aromatic carbocycles. The minimum atomic E-state index is -4.74. The van der Waals surface area contributed by atoms with Crippen molar-refractivity contribution in [2.24, 2.45) is 0 Å². The van der Waals surface area contributed by atoms with Crippen LogP contribution in [0.15, 0.2) is 24.3 Å². The van der Waals surface area contributed by atoms with Crippen molar-refractivity contribution in [2.75, 3.05) is 12.9 Å². The van der Waals surface area contributed by atoms with Crippen LogP contribution in [0.2, 0.25) is 0 Å². The molecule has 1 rings (SSSR count). The average Bonchev–Trinajstić information content (AvgIpc) is 2.15. The highest BCUT2D eigenvalue weighted by atomic mass is 32.3. The molecule has 0 heterocycles. The molecule has 0 atom stereocenters. The largest absolute Gasteiger partial charge is 0.497 e. The quantitative estimate of drug-likeness (QED) is 0.730. The first-order valence-corrected chi connectivity index (χ1v) is 6.03. The van der Waals surface area contributed by atoms with Gasteiger partial charge >= 0.3 is 10.2 Å². The second-order valence-electron chi connectivity index (χ2n) is 3.25. The van der Waals surface area contributed by atoms with Crippen molar-refractivity contribution >= 4 is 16.0 Å². The number of rotatable bonds is 5. The Morgan fingerprint density at radius 2 is 2.12 bits per heavy atom. The lowest BCUT2D eigenvalue weighted by Gasteiger charge is -2.02. The first-order chi connectivity index (χ1) is 7.40. The summed E-state index contributed by atoms with van der Waals surface area (Å²) in [5.41, 5.74) is 0.591. The van der Waals surface area contributed by atoms with Gasteiger partial charge in [0.05, 0.1) is 7.11 Å². The van der Waals surface area contributed by atoms with Crippen LogP contribution in [-0.2, 0) is 21.4 Å². The highest BCUT2D eigenvalue weighted by Crippen LogP contribution is 2.13. The second-order valence-corrected chi connectivity index (χ2v) is 4.62. The van der Waals surface area contributed by atoms with E-state index in [0.717, 1.165) is 0 Å². The number of carbonyl (C=O) groups is 1. The van der Waals surface area contributed by atoms with Gasteiger partial charge in [-0.2, -0.15) is 8.42 Å². The molecule has 0 unspecified atom stereocenters. The van der Waals surface area contributed by atoms with E-state index in [9.17, 15) is 17.1 Å². The first-order valence-electron chi connectivity index (χ1n) is 4.47. The molecule has 0 saturated heterocycles. The van der Waals surface area contributed by atoms with Crippen molar-refractivity contribution in [3.8, 4) is 5.75 Å². The summed E-state index contributed by atoms with van der Waals surface area (Å²) in [5.74, 6) is -1.20. The summed E-state index contributed by atoms with van der Waals surface area (Å²) in [7, 11) is -3.26. The van der Waals surface area contributed by atoms with Gasteiger partial charge in [0.2, 0.25) is 0 Å². The Morgan fingerprint density at radius 1 is 1.44 bits per heavy atom. The van der Waals surface area contributed by atoms with Crippen molar-refractivity contribution < 1.29 is 21.8 Å². The molecule has 0 spiro atoms. The third kappa shape index (κ3) is 4.39. The number of methoxy groups -OCH3 is 1. The number of hydrogen-bond donors (Lipinski definition) is 0. The molecule has 0 amide bonds. The van der Waals surface area contributed by atoms with Gasteiger partial charge in [0.1, 0.15) is 11.5 Å². The van der Waals surface area contributed by atoms with Crippen LogP contribution in [0.1, 0.15) is 5.56 Å². The van der Waals surface area contributed by atoms with Crippen molar-refractivity contribution in [1.82, 2.24) is 0 Å². The van der Waals surface area contributed by atoms with Gasteiger partial charge in [0, 0.05) is 6.42 Å². The zero-order chi connectivity index (χ0) is 12.2. The van der Waals surface area contributed by atoms with E-state index in [1.54, 1.807) is 24.3 Å². The summed E-state index contributed by atoms with van der Waals surface area (Å²) in [6.07, 6.45) is -0.125. The number of Topliss-reactive ketones (excluding diaryl/α,β-unsaturated/α-hetero) is 1. The van der Waals surface area contributed by atoms with Crippen molar-refractivity contribution in [3.63, 3.8) is 0 Å². The Morgan fingerprint density at radius 3 is 2.69 bits per heavy atom. The van der Waals surface area contributed by atoms with Crippen molar-refractivity contribution in [3.05, 3.63) is 29.8 Å². The van der Waals surface area contributed by atoms with Crippen LogP contribution in [0.4, 0.5) is 3.89 Å². The van der Waals surface area contributed by atoms with Gasteiger partial charge in [-0.25, -0.2) is 0 Å². The molecule has 16 heavy (non-hydrogen) atoms. The molecule has 4 nitrogen and oxygen atoms in total. The van der Waals surface area contributed by atoms with E-state index in [-0.39, 0.29) is 6.42 Å². The lowest BCUT2D eigenvalue weighted by atomic mass is 10.1. The maximum atomic E-state index is 12.2. The molecule has 0 aliphatic heterocycles. The highest BCUT2D eigenvalue weighted by Gasteiger charge is 2.15. The summed E-state index contributed by atoms with van der Waals surface area (Å²) in [4.78, 5) is 11.2. The monoisotopic (exact) mass is 246 g/mol. The summed E-state index contributed by atoms with van der Waals surface area (Å²) in [5, 5.41) is 0. The molecule has 0 fully saturated rings. The molecule has 0 saturated carbocycles. The minimum absolute atomic E-state index is 0.125. The fraction of sp³-hybridized carbons (Fsp3) is 0.300. The van der Waals surface area contributed by atoms with E-state index in [2.05, 4.69) is 0 Å². The van der Waals surface area contributed by atoms with Crippen LogP contribution in [0.25, 0.3) is 0 Å². The van der Waals surface area contributed by atoms with Crippen LogP contribution in [-0.4, -0.2) is 27.1 Å². The number of benzene rings is 1. The van der Waals surface area contributed by atoms with E-state index in [1.807, 2.05) is 0 Å². The number of carbonyl (C=O) groups excluding carboxylic acids is 1. The number of ketones is 1. The predicted molar refractivity (Wildman–Crippen MR) is 56.6 cm³/mol. The number of ether oxygens (including phenoxy) is 1. The van der Waals surface area contributed by atoms with Gasteiger partial charge in [-0.15, -0.1) is 3.89 Å². The molecule has 0 aromatic heterocycles. The Labute approximate surface area is 93.3 Å². The van der Waals surface area contributed by atoms with Crippen LogP contribution in [0.3, 0.4) is 0 Å². The molecule has 0 aliphatic rings. The van der Waals surface area contributed by atoms with Crippen molar-refractivity contribution in [1.29, 1.82) is 0 Å². The zero-order valence-electron chi connectivity index (χ0n) is 8.64. The summed E-state index contributed by atoms with van der Waals surface area (Å²) < 4.78 is 37.6. The molecule has 0 aliphatic carbocycles. The van der Waals surface area contributed by atoms with Crippen LogP contribution < -0.4 is 4.74 Å². The Balaban J connectivity index is 2.70. The van der Waals surface area contributed by atoms with Gasteiger partial charge in [0.25, 0.3) is 0 Å². The van der Waals surface area contributed by atoms with Gasteiger partial charge < -0.3 is 4.74 Å². The Hall–Kier alpha value is -1.43. The molecular formula is C10H11FO4S. The topological polar surface area (TPSA) is 60.4 Å². The maximum Gasteiger partial charge on any atom is 0.309 e. The lowest BCUT2D eigenvalue weighted by Crippen LogP contribution is -2.14. The third-order valence-corrected chi connectivity index (χ3v) is 2.54. The molecule has 0 bridgehead atoms. The average molecular weight is 246 g/mol. The fourth-order valence-corrected chi connectivity index (χ4v) is 1.74. The number of halogens is 1. The molecule has 0 radical (unpaired) electrons. The zero-order valence-corrected chi connectivity index (χ0v) is 9.46. The Bertz CT molecular complexity index is 481. The highest BCUT2D eigenvalue weighted by molar-refractivity contribution is 7.87. The maximum absolute atomic E-state index is 12.2. The molecule has 1 aromatic rings. The van der Waals surface area contributed by atoms with Gasteiger partial charge in [0.15, 0.2) is 5.78 Å². The summed E-state index contributed by atoms with van der Waals surface area (Å²) in [6, 6.07) is 6.61. The van der Waals surface area contributed by atoms with E-state index in [1.165, 1.54) is 7.11 Å². The normalized spacial score (nSPS) is 11.1. The molecular weight excluding hydrogens is 235 g/mol. The smallest absolute Gasteiger partial charge is 0.309 e. The van der Waals surface area contributed by atoms with Gasteiger partial charge in [-0.3, -0.25) is 4.79 Å². The predicted octanol–water partition coefficient (Wildman–Crippen LogP) is 1.11. The molecule has 0 N–H and O–H groups in total. The number of hydrogen-bond acceptors (Lipinski definition) is 4. The van der Waals surface area contributed by atoms with E-state index in [4.69, 9.17) is 4.74 Å². The standard InChI is InChI=1S/C10H11FO4S/c1-15-10-4-2-3-8(6-10)5-9(12)7-16(11,13)14/h2-4,6H,5,7H2,1H3. The van der Waals surface area contributed by atoms with Gasteiger partial charge in [-0.05, 0) is 17.7 Å². The third-order valence-electron chi connectivity index (χ3n) is 1.87. The van der Waals surface area contributed by atoms with Crippen LogP contribution in [0.5, 0.6) is 5.75 Å². The molecule has 88 valence electrons. The van der Waals surface area contributed by atoms with E-state index < -0.39 is 21.8 Å². The fourth-order valence-electron chi connectivity index (χ4n) is 1.25. The van der Waals surface area contributed by atoms with E-state index >= 15 is 0 Å². The van der Waals surface area contributed by atoms with Crippen LogP contribution in [0, 0.1) is 0 Å².